The number of nitrogens with zero attached hydrogens (tertiary/aromatic N) is 2. The molecule has 124 valence electrons. The van der Waals surface area contributed by atoms with Gasteiger partial charge in [-0.3, -0.25) is 0 Å². The maximum absolute atomic E-state index is 10.7. The minimum atomic E-state index is -0.514. The monoisotopic (exact) mass is 446 g/mol. The van der Waals surface area contributed by atoms with E-state index in [1.54, 1.807) is 18.3 Å². The Morgan fingerprint density at radius 1 is 1.00 bits per heavy atom. The van der Waals surface area contributed by atoms with Crippen molar-refractivity contribution in [2.75, 3.05) is 0 Å². The molecule has 0 aliphatic carbocycles. The predicted octanol–water partition coefficient (Wildman–Crippen LogP) is 3.31. The molecule has 0 bridgehead atoms. The molecule has 0 heterocycles. The normalized spacial score (nSPS) is 10.9. The van der Waals surface area contributed by atoms with Crippen LogP contribution in [0, 0.1) is 17.0 Å². The Morgan fingerprint density at radius 2 is 1.72 bits per heavy atom. The molecule has 4 nitrogen and oxygen atoms in total. The molecule has 25 heavy (non-hydrogen) atoms. The first-order valence-electron chi connectivity index (χ1n) is 7.74. The van der Waals surface area contributed by atoms with Crippen molar-refractivity contribution in [1.82, 2.24) is 0 Å². The molecule has 0 spiro atoms. The van der Waals surface area contributed by atoms with Crippen LogP contribution in [0.15, 0.2) is 77.8 Å². The van der Waals surface area contributed by atoms with Gasteiger partial charge in [-0.05, 0) is 0 Å². The van der Waals surface area contributed by atoms with Gasteiger partial charge in [0.05, 0.1) is 0 Å². The van der Waals surface area contributed by atoms with Gasteiger partial charge in [0, 0.05) is 0 Å². The van der Waals surface area contributed by atoms with Crippen molar-refractivity contribution >= 4 is 45.7 Å². The topological polar surface area (TPSA) is 55.5 Å². The van der Waals surface area contributed by atoms with E-state index in [0.29, 0.717) is 0 Å². The fourth-order valence-electron chi connectivity index (χ4n) is 2.25. The standard InChI is InChI=1S/C20H16N2O2Te/c1-15-7-12-19(20(13-15)25-18-5-3-2-4-6-18)21-14-16-8-10-17(11-9-16)22(23)24/h2-14H,1H3. The van der Waals surface area contributed by atoms with E-state index in [2.05, 4.69) is 48.3 Å². The molecule has 0 unspecified atom stereocenters. The number of hydrogen-bond donors (Lipinski definition) is 0. The molecule has 0 aliphatic heterocycles. The average Bonchev–Trinajstić information content (AvgIpc) is 2.62. The van der Waals surface area contributed by atoms with Crippen molar-refractivity contribution in [2.45, 2.75) is 6.92 Å². The van der Waals surface area contributed by atoms with E-state index >= 15 is 0 Å². The maximum atomic E-state index is 10.7. The van der Waals surface area contributed by atoms with Crippen LogP contribution in [0.25, 0.3) is 0 Å². The van der Waals surface area contributed by atoms with Gasteiger partial charge in [-0.25, -0.2) is 0 Å². The Balaban J connectivity index is 1.85. The van der Waals surface area contributed by atoms with Crippen LogP contribution in [-0.4, -0.2) is 32.1 Å². The van der Waals surface area contributed by atoms with Crippen molar-refractivity contribution in [3.8, 4) is 0 Å². The molecular weight excluding hydrogens is 428 g/mol. The summed E-state index contributed by atoms with van der Waals surface area (Å²) in [4.78, 5) is 14.9. The van der Waals surface area contributed by atoms with E-state index in [1.807, 2.05) is 12.1 Å². The SMILES string of the molecule is Cc1ccc(N=Cc2ccc([N+](=O)[O-])cc2)c([Te]c2ccccc2)c1. The fraction of sp³-hybridized carbons (Fsp3) is 0.0500. The summed E-state index contributed by atoms with van der Waals surface area (Å²) in [6.45, 7) is 2.09. The molecule has 0 aliphatic rings. The van der Waals surface area contributed by atoms with Crippen LogP contribution in [0.5, 0.6) is 0 Å². The summed E-state index contributed by atoms with van der Waals surface area (Å²) in [7, 11) is 0. The molecule has 0 N–H and O–H groups in total. The molecule has 0 saturated carbocycles. The predicted molar refractivity (Wildman–Crippen MR) is 103 cm³/mol. The van der Waals surface area contributed by atoms with Gasteiger partial charge in [0.2, 0.25) is 0 Å². The van der Waals surface area contributed by atoms with Crippen LogP contribution in [0.2, 0.25) is 0 Å². The number of benzene rings is 3. The number of non-ortho nitro benzene ring substituents is 1. The van der Waals surface area contributed by atoms with Gasteiger partial charge in [-0.15, -0.1) is 0 Å². The number of nitro groups is 1. The summed E-state index contributed by atoms with van der Waals surface area (Å²) in [5, 5.41) is 10.7. The number of aryl methyl sites for hydroxylation is 1. The molecule has 0 amide bonds. The molecular formula is C20H16N2O2Te. The Morgan fingerprint density at radius 3 is 2.40 bits per heavy atom. The van der Waals surface area contributed by atoms with Gasteiger partial charge >= 0.3 is 157 Å². The van der Waals surface area contributed by atoms with Crippen LogP contribution >= 0.6 is 0 Å². The van der Waals surface area contributed by atoms with Crippen molar-refractivity contribution in [1.29, 1.82) is 0 Å². The third-order valence-electron chi connectivity index (χ3n) is 3.54. The van der Waals surface area contributed by atoms with E-state index in [-0.39, 0.29) is 5.69 Å². The molecule has 5 heteroatoms. The second-order valence-corrected chi connectivity index (χ2v) is 8.68. The zero-order valence-electron chi connectivity index (χ0n) is 13.6. The summed E-state index contributed by atoms with van der Waals surface area (Å²) in [6.07, 6.45) is 1.76. The zero-order chi connectivity index (χ0) is 17.6. The van der Waals surface area contributed by atoms with E-state index in [0.717, 1.165) is 11.3 Å². The third-order valence-corrected chi connectivity index (χ3v) is 6.55. The molecule has 0 radical (unpaired) electrons. The van der Waals surface area contributed by atoms with Crippen molar-refractivity contribution in [3.63, 3.8) is 0 Å². The van der Waals surface area contributed by atoms with E-state index < -0.39 is 25.8 Å². The summed E-state index contributed by atoms with van der Waals surface area (Å²) >= 11 is -0.514. The van der Waals surface area contributed by atoms with Crippen LogP contribution in [0.3, 0.4) is 0 Å². The first-order chi connectivity index (χ1) is 12.1. The summed E-state index contributed by atoms with van der Waals surface area (Å²) in [5.74, 6) is 0. The van der Waals surface area contributed by atoms with Crippen LogP contribution in [-0.2, 0) is 0 Å². The molecule has 0 saturated heterocycles. The Hall–Kier alpha value is -2.48. The molecule has 0 atom stereocenters. The summed E-state index contributed by atoms with van der Waals surface area (Å²) in [5.41, 5.74) is 3.13. The molecule has 0 aromatic heterocycles. The molecule has 3 rings (SSSR count). The molecule has 0 fully saturated rings. The quantitative estimate of drug-likeness (QED) is 0.263. The van der Waals surface area contributed by atoms with Gasteiger partial charge < -0.3 is 0 Å². The summed E-state index contributed by atoms with van der Waals surface area (Å²) < 4.78 is 2.65. The van der Waals surface area contributed by atoms with Crippen LogP contribution < -0.4 is 7.22 Å². The van der Waals surface area contributed by atoms with E-state index in [1.165, 1.54) is 24.9 Å². The van der Waals surface area contributed by atoms with Crippen LogP contribution in [0.4, 0.5) is 11.4 Å². The van der Waals surface area contributed by atoms with E-state index in [4.69, 9.17) is 0 Å². The average molecular weight is 444 g/mol. The van der Waals surface area contributed by atoms with Crippen LogP contribution in [0.1, 0.15) is 11.1 Å². The Bertz CT molecular complexity index is 907. The minimum absolute atomic E-state index is 0.0872. The summed E-state index contributed by atoms with van der Waals surface area (Å²) in [6, 6.07) is 23.2. The fourth-order valence-corrected chi connectivity index (χ4v) is 5.15. The van der Waals surface area contributed by atoms with Crippen molar-refractivity contribution in [3.05, 3.63) is 94.0 Å². The molecule has 3 aromatic rings. The number of aliphatic imine (C=N–C) groups is 1. The van der Waals surface area contributed by atoms with Gasteiger partial charge in [0.1, 0.15) is 0 Å². The Kier molecular flexibility index (Phi) is 5.60. The number of nitro benzene ring substituents is 1. The zero-order valence-corrected chi connectivity index (χ0v) is 16.0. The number of rotatable bonds is 5. The van der Waals surface area contributed by atoms with Gasteiger partial charge in [0.25, 0.3) is 0 Å². The second kappa shape index (κ2) is 8.06. The van der Waals surface area contributed by atoms with Crippen molar-refractivity contribution in [2.24, 2.45) is 4.99 Å². The van der Waals surface area contributed by atoms with Gasteiger partial charge in [-0.1, -0.05) is 0 Å². The second-order valence-electron chi connectivity index (χ2n) is 5.49. The molecule has 3 aromatic carbocycles. The van der Waals surface area contributed by atoms with E-state index in [9.17, 15) is 10.1 Å². The van der Waals surface area contributed by atoms with Crippen molar-refractivity contribution < 1.29 is 4.92 Å². The third kappa shape index (κ3) is 4.76. The van der Waals surface area contributed by atoms with Gasteiger partial charge in [-0.2, -0.15) is 0 Å². The van der Waals surface area contributed by atoms with Gasteiger partial charge in [0.15, 0.2) is 0 Å². The first kappa shape index (κ1) is 17.3. The first-order valence-corrected chi connectivity index (χ1v) is 10.1. The Labute approximate surface area is 156 Å². The number of hydrogen-bond acceptors (Lipinski definition) is 3.